The normalized spacial score (nSPS) is 25.4. The number of benzene rings is 2. The fraction of sp³-hybridized carbons (Fsp3) is 0.429. The first-order valence-corrected chi connectivity index (χ1v) is 10.0. The zero-order valence-electron chi connectivity index (χ0n) is 13.9. The lowest BCUT2D eigenvalue weighted by Gasteiger charge is -2.42. The van der Waals surface area contributed by atoms with Gasteiger partial charge in [-0.05, 0) is 83.6 Å². The molecule has 1 fully saturated rings. The van der Waals surface area contributed by atoms with Crippen molar-refractivity contribution in [3.8, 4) is 0 Å². The predicted octanol–water partition coefficient (Wildman–Crippen LogP) is 4.00. The van der Waals surface area contributed by atoms with Crippen LogP contribution in [-0.4, -0.2) is 35.2 Å². The maximum atomic E-state index is 10.7. The average Bonchev–Trinajstić information content (AvgIpc) is 2.62. The molecule has 2 atom stereocenters. The molecule has 0 unspecified atom stereocenters. The van der Waals surface area contributed by atoms with Gasteiger partial charge in [0.05, 0.1) is 6.10 Å². The van der Waals surface area contributed by atoms with Crippen molar-refractivity contribution in [2.45, 2.75) is 43.7 Å². The molecule has 1 aliphatic heterocycles. The number of nitrogens with zero attached hydrogens (tertiary/aromatic N) is 1. The Hall–Kier alpha value is -0.910. The van der Waals surface area contributed by atoms with Crippen molar-refractivity contribution >= 4 is 22.6 Å². The van der Waals surface area contributed by atoms with Gasteiger partial charge in [-0.3, -0.25) is 4.90 Å². The number of hydrogen-bond acceptors (Lipinski definition) is 2. The summed E-state index contributed by atoms with van der Waals surface area (Å²) in [6.45, 7) is 2.19. The maximum absolute atomic E-state index is 10.7. The third kappa shape index (κ3) is 3.26. The minimum Gasteiger partial charge on any atom is -0.391 e. The third-order valence-corrected chi connectivity index (χ3v) is 6.78. The summed E-state index contributed by atoms with van der Waals surface area (Å²) in [6.07, 6.45) is 3.96. The number of likely N-dealkylation sites (tertiary alicyclic amines) is 1. The first kappa shape index (κ1) is 16.6. The number of aliphatic hydroxyl groups excluding tert-OH is 1. The predicted molar refractivity (Wildman–Crippen MR) is 106 cm³/mol. The van der Waals surface area contributed by atoms with E-state index in [1.807, 2.05) is 0 Å². The van der Waals surface area contributed by atoms with E-state index < -0.39 is 0 Å². The lowest BCUT2D eigenvalue weighted by Crippen LogP contribution is -2.51. The van der Waals surface area contributed by atoms with Gasteiger partial charge in [-0.1, -0.05) is 42.5 Å². The highest BCUT2D eigenvalue weighted by Crippen LogP contribution is 2.33. The molecule has 0 spiro atoms. The molecule has 2 nitrogen and oxygen atoms in total. The average molecular weight is 433 g/mol. The lowest BCUT2D eigenvalue weighted by molar-refractivity contribution is 0.0293. The van der Waals surface area contributed by atoms with Crippen molar-refractivity contribution in [1.82, 2.24) is 4.90 Å². The summed E-state index contributed by atoms with van der Waals surface area (Å²) in [5.41, 5.74) is 4.27. The number of rotatable bonds is 2. The van der Waals surface area contributed by atoms with Crippen LogP contribution in [0.4, 0.5) is 0 Å². The van der Waals surface area contributed by atoms with Gasteiger partial charge in [0.15, 0.2) is 0 Å². The quantitative estimate of drug-likeness (QED) is 0.724. The van der Waals surface area contributed by atoms with E-state index in [1.54, 1.807) is 0 Å². The molecule has 4 rings (SSSR count). The van der Waals surface area contributed by atoms with Crippen LogP contribution in [0.5, 0.6) is 0 Å². The third-order valence-electron chi connectivity index (χ3n) is 5.77. The van der Waals surface area contributed by atoms with E-state index >= 15 is 0 Å². The molecule has 0 amide bonds. The first-order valence-electron chi connectivity index (χ1n) is 8.95. The molecule has 0 saturated carbocycles. The second-order valence-corrected chi connectivity index (χ2v) is 8.30. The van der Waals surface area contributed by atoms with Gasteiger partial charge >= 0.3 is 0 Å². The summed E-state index contributed by atoms with van der Waals surface area (Å²) in [5, 5.41) is 10.7. The van der Waals surface area contributed by atoms with Gasteiger partial charge in [-0.2, -0.15) is 0 Å². The summed E-state index contributed by atoms with van der Waals surface area (Å²) in [5.74, 6) is 0.676. The molecule has 1 aliphatic carbocycles. The van der Waals surface area contributed by atoms with E-state index in [4.69, 9.17) is 0 Å². The van der Waals surface area contributed by atoms with Crippen molar-refractivity contribution in [2.24, 2.45) is 0 Å². The summed E-state index contributed by atoms with van der Waals surface area (Å²) < 4.78 is 1.35. The highest BCUT2D eigenvalue weighted by molar-refractivity contribution is 14.1. The number of hydrogen-bond donors (Lipinski definition) is 1. The van der Waals surface area contributed by atoms with Crippen LogP contribution in [0, 0.1) is 3.57 Å². The van der Waals surface area contributed by atoms with Crippen LogP contribution in [0.1, 0.15) is 35.4 Å². The Bertz CT molecular complexity index is 694. The van der Waals surface area contributed by atoms with Crippen LogP contribution in [-0.2, 0) is 12.8 Å². The highest BCUT2D eigenvalue weighted by Gasteiger charge is 2.34. The molecule has 126 valence electrons. The molecule has 0 aromatic heterocycles. The summed E-state index contributed by atoms with van der Waals surface area (Å²) in [6, 6.07) is 17.7. The summed E-state index contributed by atoms with van der Waals surface area (Å²) in [4.78, 5) is 2.54. The van der Waals surface area contributed by atoms with Crippen molar-refractivity contribution in [1.29, 1.82) is 0 Å². The monoisotopic (exact) mass is 433 g/mol. The van der Waals surface area contributed by atoms with Gasteiger partial charge in [0.1, 0.15) is 0 Å². The van der Waals surface area contributed by atoms with Crippen LogP contribution >= 0.6 is 22.6 Å². The fourth-order valence-electron chi connectivity index (χ4n) is 4.39. The van der Waals surface area contributed by atoms with Crippen LogP contribution < -0.4 is 0 Å². The molecule has 24 heavy (non-hydrogen) atoms. The second-order valence-electron chi connectivity index (χ2n) is 7.14. The zero-order valence-corrected chi connectivity index (χ0v) is 16.0. The van der Waals surface area contributed by atoms with Crippen molar-refractivity contribution < 1.29 is 5.11 Å². The molecule has 0 bridgehead atoms. The smallest absolute Gasteiger partial charge is 0.0738 e. The molecule has 1 saturated heterocycles. The SMILES string of the molecule is O[C@H]1Cc2cccc(I)c2C[C@@H]1N1CCC(c2ccccc2)CC1. The summed E-state index contributed by atoms with van der Waals surface area (Å²) >= 11 is 2.44. The topological polar surface area (TPSA) is 23.5 Å². The highest BCUT2D eigenvalue weighted by atomic mass is 127. The standard InChI is InChI=1S/C21H24INO/c22-19-8-4-7-17-13-21(24)20(14-18(17)19)23-11-9-16(10-12-23)15-5-2-1-3-6-15/h1-8,16,20-21,24H,9-14H2/t20-,21-/m0/s1. The zero-order chi connectivity index (χ0) is 16.5. The van der Waals surface area contributed by atoms with Crippen LogP contribution in [0.2, 0.25) is 0 Å². The van der Waals surface area contributed by atoms with Gasteiger partial charge < -0.3 is 5.11 Å². The number of halogens is 1. The van der Waals surface area contributed by atoms with Crippen LogP contribution in [0.3, 0.4) is 0 Å². The minimum atomic E-state index is -0.232. The molecular formula is C21H24INO. The number of fused-ring (bicyclic) bond motifs is 1. The molecular weight excluding hydrogens is 409 g/mol. The van der Waals surface area contributed by atoms with Gasteiger partial charge in [-0.15, -0.1) is 0 Å². The molecule has 1 heterocycles. The maximum Gasteiger partial charge on any atom is 0.0738 e. The summed E-state index contributed by atoms with van der Waals surface area (Å²) in [7, 11) is 0. The van der Waals surface area contributed by atoms with E-state index in [1.165, 1.54) is 33.1 Å². The van der Waals surface area contributed by atoms with Crippen LogP contribution in [0.15, 0.2) is 48.5 Å². The Kier molecular flexibility index (Phi) is 4.93. The van der Waals surface area contributed by atoms with E-state index in [-0.39, 0.29) is 12.1 Å². The van der Waals surface area contributed by atoms with E-state index in [0.29, 0.717) is 5.92 Å². The van der Waals surface area contributed by atoms with E-state index in [2.05, 4.69) is 76.0 Å². The number of piperidine rings is 1. The Balaban J connectivity index is 1.45. The Labute approximate surface area is 158 Å². The van der Waals surface area contributed by atoms with Gasteiger partial charge in [0, 0.05) is 16.0 Å². The Morgan fingerprint density at radius 1 is 0.917 bits per heavy atom. The molecule has 1 N–H and O–H groups in total. The van der Waals surface area contributed by atoms with E-state index in [0.717, 1.165) is 25.9 Å². The largest absolute Gasteiger partial charge is 0.391 e. The molecule has 2 aromatic rings. The fourth-order valence-corrected chi connectivity index (χ4v) is 5.17. The van der Waals surface area contributed by atoms with Crippen LogP contribution in [0.25, 0.3) is 0 Å². The Morgan fingerprint density at radius 2 is 1.67 bits per heavy atom. The van der Waals surface area contributed by atoms with E-state index in [9.17, 15) is 5.11 Å². The lowest BCUT2D eigenvalue weighted by atomic mass is 9.83. The van der Waals surface area contributed by atoms with Crippen molar-refractivity contribution in [2.75, 3.05) is 13.1 Å². The molecule has 3 heteroatoms. The van der Waals surface area contributed by atoms with Crippen molar-refractivity contribution in [3.63, 3.8) is 0 Å². The minimum absolute atomic E-state index is 0.232. The van der Waals surface area contributed by atoms with Gasteiger partial charge in [-0.25, -0.2) is 0 Å². The molecule has 2 aromatic carbocycles. The van der Waals surface area contributed by atoms with Gasteiger partial charge in [0.2, 0.25) is 0 Å². The molecule has 0 radical (unpaired) electrons. The second kappa shape index (κ2) is 7.14. The number of aliphatic hydroxyl groups is 1. The Morgan fingerprint density at radius 3 is 2.42 bits per heavy atom. The molecule has 2 aliphatic rings. The first-order chi connectivity index (χ1) is 11.7. The van der Waals surface area contributed by atoms with Crippen molar-refractivity contribution in [3.05, 3.63) is 68.8 Å². The van der Waals surface area contributed by atoms with Gasteiger partial charge in [0.25, 0.3) is 0 Å².